The Hall–Kier alpha value is -0.820. The highest BCUT2D eigenvalue weighted by atomic mass is 14.9. The molecule has 0 aliphatic carbocycles. The largest absolute Gasteiger partial charge is 0.317 e. The summed E-state index contributed by atoms with van der Waals surface area (Å²) in [5, 5.41) is 3.34. The van der Waals surface area contributed by atoms with E-state index in [0.29, 0.717) is 6.04 Å². The van der Waals surface area contributed by atoms with Gasteiger partial charge in [0, 0.05) is 6.04 Å². The number of nitrogens with one attached hydrogen (secondary N) is 1. The van der Waals surface area contributed by atoms with Crippen molar-refractivity contribution in [2.75, 3.05) is 7.05 Å². The molecule has 0 radical (unpaired) electrons. The third-order valence-electron chi connectivity index (χ3n) is 3.03. The van der Waals surface area contributed by atoms with Crippen LogP contribution >= 0.6 is 0 Å². The molecule has 1 N–H and O–H groups in total. The van der Waals surface area contributed by atoms with Crippen molar-refractivity contribution >= 4 is 0 Å². The molecular weight excluding hydrogens is 170 g/mol. The summed E-state index contributed by atoms with van der Waals surface area (Å²) >= 11 is 0. The minimum absolute atomic E-state index is 0.597. The topological polar surface area (TPSA) is 12.0 Å². The van der Waals surface area contributed by atoms with Crippen molar-refractivity contribution in [1.82, 2.24) is 5.32 Å². The average Bonchev–Trinajstić information content (AvgIpc) is 2.26. The van der Waals surface area contributed by atoms with Crippen LogP contribution in [0.3, 0.4) is 0 Å². The monoisotopic (exact) mass is 191 g/mol. The zero-order chi connectivity index (χ0) is 10.4. The van der Waals surface area contributed by atoms with E-state index in [2.05, 4.69) is 49.5 Å². The summed E-state index contributed by atoms with van der Waals surface area (Å²) in [7, 11) is 2.04. The van der Waals surface area contributed by atoms with Crippen molar-refractivity contribution in [3.8, 4) is 0 Å². The van der Waals surface area contributed by atoms with Crippen LogP contribution < -0.4 is 5.32 Å². The van der Waals surface area contributed by atoms with E-state index in [0.717, 1.165) is 5.92 Å². The molecule has 0 bridgehead atoms. The van der Waals surface area contributed by atoms with Crippen molar-refractivity contribution in [2.45, 2.75) is 32.7 Å². The number of benzene rings is 1. The van der Waals surface area contributed by atoms with Crippen molar-refractivity contribution in [1.29, 1.82) is 0 Å². The van der Waals surface area contributed by atoms with E-state index in [-0.39, 0.29) is 0 Å². The van der Waals surface area contributed by atoms with Gasteiger partial charge < -0.3 is 5.32 Å². The standard InChI is InChI=1S/C13H21N/c1-4-13(11(2)14-3)10-12-8-6-5-7-9-12/h5-9,11,13-14H,4,10H2,1-3H3. The van der Waals surface area contributed by atoms with Gasteiger partial charge in [-0.1, -0.05) is 43.7 Å². The van der Waals surface area contributed by atoms with Gasteiger partial charge in [-0.25, -0.2) is 0 Å². The molecule has 0 aromatic heterocycles. The van der Waals surface area contributed by atoms with Gasteiger partial charge in [0.2, 0.25) is 0 Å². The molecule has 0 saturated heterocycles. The number of hydrogen-bond acceptors (Lipinski definition) is 1. The predicted octanol–water partition coefficient (Wildman–Crippen LogP) is 2.86. The molecule has 0 aliphatic heterocycles. The molecule has 1 nitrogen and oxygen atoms in total. The quantitative estimate of drug-likeness (QED) is 0.754. The molecule has 0 saturated carbocycles. The Kier molecular flexibility index (Phi) is 4.68. The lowest BCUT2D eigenvalue weighted by Crippen LogP contribution is -2.31. The molecule has 1 heteroatoms. The van der Waals surface area contributed by atoms with Crippen molar-refractivity contribution < 1.29 is 0 Å². The predicted molar refractivity (Wildman–Crippen MR) is 62.4 cm³/mol. The van der Waals surface area contributed by atoms with E-state index in [1.54, 1.807) is 0 Å². The summed E-state index contributed by atoms with van der Waals surface area (Å²) in [4.78, 5) is 0. The maximum absolute atomic E-state index is 3.34. The zero-order valence-electron chi connectivity index (χ0n) is 9.46. The second-order valence-corrected chi connectivity index (χ2v) is 3.94. The first kappa shape index (κ1) is 11.3. The lowest BCUT2D eigenvalue weighted by molar-refractivity contribution is 0.381. The van der Waals surface area contributed by atoms with Gasteiger partial charge in [0.1, 0.15) is 0 Å². The van der Waals surface area contributed by atoms with Gasteiger partial charge in [-0.3, -0.25) is 0 Å². The van der Waals surface area contributed by atoms with Crippen LogP contribution in [0.1, 0.15) is 25.8 Å². The highest BCUT2D eigenvalue weighted by molar-refractivity contribution is 5.15. The summed E-state index contributed by atoms with van der Waals surface area (Å²) in [5.41, 5.74) is 1.45. The number of rotatable bonds is 5. The van der Waals surface area contributed by atoms with Crippen LogP contribution in [0.4, 0.5) is 0 Å². The lowest BCUT2D eigenvalue weighted by atomic mass is 9.91. The summed E-state index contributed by atoms with van der Waals surface area (Å²) in [6.07, 6.45) is 2.41. The van der Waals surface area contributed by atoms with Crippen LogP contribution in [0.2, 0.25) is 0 Å². The lowest BCUT2D eigenvalue weighted by Gasteiger charge is -2.22. The Bertz CT molecular complexity index is 243. The van der Waals surface area contributed by atoms with Crippen LogP contribution in [-0.2, 0) is 6.42 Å². The van der Waals surface area contributed by atoms with Crippen LogP contribution in [0.25, 0.3) is 0 Å². The third-order valence-corrected chi connectivity index (χ3v) is 3.03. The molecular formula is C13H21N. The Labute approximate surface area is 87.5 Å². The highest BCUT2D eigenvalue weighted by Gasteiger charge is 2.13. The summed E-state index contributed by atoms with van der Waals surface area (Å²) < 4.78 is 0. The van der Waals surface area contributed by atoms with Gasteiger partial charge in [-0.15, -0.1) is 0 Å². The van der Waals surface area contributed by atoms with Crippen molar-refractivity contribution in [3.63, 3.8) is 0 Å². The molecule has 1 aromatic rings. The molecule has 1 aromatic carbocycles. The number of hydrogen-bond donors (Lipinski definition) is 1. The van der Waals surface area contributed by atoms with Crippen molar-refractivity contribution in [2.24, 2.45) is 5.92 Å². The molecule has 0 aliphatic rings. The second kappa shape index (κ2) is 5.82. The highest BCUT2D eigenvalue weighted by Crippen LogP contribution is 2.15. The molecule has 0 heterocycles. The molecule has 14 heavy (non-hydrogen) atoms. The smallest absolute Gasteiger partial charge is 0.00670 e. The van der Waals surface area contributed by atoms with E-state index in [1.165, 1.54) is 18.4 Å². The zero-order valence-corrected chi connectivity index (χ0v) is 9.46. The normalized spacial score (nSPS) is 15.1. The summed E-state index contributed by atoms with van der Waals surface area (Å²) in [6.45, 7) is 4.53. The van der Waals surface area contributed by atoms with Crippen LogP contribution in [0.5, 0.6) is 0 Å². The van der Waals surface area contributed by atoms with Gasteiger partial charge in [0.25, 0.3) is 0 Å². The van der Waals surface area contributed by atoms with E-state index in [9.17, 15) is 0 Å². The van der Waals surface area contributed by atoms with Gasteiger partial charge in [-0.2, -0.15) is 0 Å². The Morgan fingerprint density at radius 2 is 1.86 bits per heavy atom. The Morgan fingerprint density at radius 3 is 2.36 bits per heavy atom. The minimum atomic E-state index is 0.597. The molecule has 2 unspecified atom stereocenters. The van der Waals surface area contributed by atoms with Crippen LogP contribution in [0.15, 0.2) is 30.3 Å². The maximum Gasteiger partial charge on any atom is 0.00670 e. The van der Waals surface area contributed by atoms with Crippen LogP contribution in [0, 0.1) is 5.92 Å². The van der Waals surface area contributed by atoms with Crippen LogP contribution in [-0.4, -0.2) is 13.1 Å². The molecule has 0 fully saturated rings. The van der Waals surface area contributed by atoms with Gasteiger partial charge in [0.05, 0.1) is 0 Å². The van der Waals surface area contributed by atoms with E-state index in [1.807, 2.05) is 7.05 Å². The fraction of sp³-hybridized carbons (Fsp3) is 0.538. The van der Waals surface area contributed by atoms with E-state index < -0.39 is 0 Å². The first-order chi connectivity index (χ1) is 6.77. The molecule has 0 amide bonds. The summed E-state index contributed by atoms with van der Waals surface area (Å²) in [5.74, 6) is 0.738. The minimum Gasteiger partial charge on any atom is -0.317 e. The second-order valence-electron chi connectivity index (χ2n) is 3.94. The fourth-order valence-electron chi connectivity index (χ4n) is 1.83. The van der Waals surface area contributed by atoms with E-state index in [4.69, 9.17) is 0 Å². The van der Waals surface area contributed by atoms with Gasteiger partial charge in [0.15, 0.2) is 0 Å². The van der Waals surface area contributed by atoms with Crippen molar-refractivity contribution in [3.05, 3.63) is 35.9 Å². The average molecular weight is 191 g/mol. The molecule has 78 valence electrons. The maximum atomic E-state index is 3.34. The molecule has 1 rings (SSSR count). The Balaban J connectivity index is 2.57. The molecule has 2 atom stereocenters. The third kappa shape index (κ3) is 3.15. The van der Waals surface area contributed by atoms with Gasteiger partial charge in [-0.05, 0) is 31.9 Å². The van der Waals surface area contributed by atoms with Gasteiger partial charge >= 0.3 is 0 Å². The summed E-state index contributed by atoms with van der Waals surface area (Å²) in [6, 6.07) is 11.3. The Morgan fingerprint density at radius 1 is 1.21 bits per heavy atom. The SMILES string of the molecule is CCC(Cc1ccccc1)C(C)NC. The fourth-order valence-corrected chi connectivity index (χ4v) is 1.83. The molecule has 0 spiro atoms. The van der Waals surface area contributed by atoms with E-state index >= 15 is 0 Å². The first-order valence-corrected chi connectivity index (χ1v) is 5.49. The first-order valence-electron chi connectivity index (χ1n) is 5.49.